The quantitative estimate of drug-likeness (QED) is 0.518. The number of phenols is 1. The third kappa shape index (κ3) is 1.80. The van der Waals surface area contributed by atoms with Crippen molar-refractivity contribution in [3.8, 4) is 5.75 Å². The lowest BCUT2D eigenvalue weighted by atomic mass is 10.1. The van der Waals surface area contributed by atoms with Crippen molar-refractivity contribution in [2.45, 2.75) is 4.90 Å². The van der Waals surface area contributed by atoms with Gasteiger partial charge in [0.2, 0.25) is 0 Å². The van der Waals surface area contributed by atoms with Gasteiger partial charge in [-0.15, -0.1) is 0 Å². The molecule has 0 aliphatic rings. The lowest BCUT2D eigenvalue weighted by Crippen LogP contribution is -1.97. The van der Waals surface area contributed by atoms with E-state index in [1.165, 1.54) is 12.1 Å². The first-order chi connectivity index (χ1) is 7.38. The van der Waals surface area contributed by atoms with E-state index in [0.29, 0.717) is 16.5 Å². The molecule has 0 fully saturated rings. The minimum Gasteiger partial charge on any atom is -0.507 e. The fourth-order valence-corrected chi connectivity index (χ4v) is 2.01. The van der Waals surface area contributed by atoms with Crippen LogP contribution in [0, 0.1) is 0 Å². The van der Waals surface area contributed by atoms with E-state index < -0.39 is 10.1 Å². The van der Waals surface area contributed by atoms with Crippen molar-refractivity contribution < 1.29 is 19.5 Å². The van der Waals surface area contributed by atoms with Gasteiger partial charge in [-0.1, -0.05) is 6.07 Å². The van der Waals surface area contributed by atoms with Crippen LogP contribution in [0.25, 0.3) is 10.8 Å². The molecule has 5 nitrogen and oxygen atoms in total. The number of hydrogen-bond donors (Lipinski definition) is 3. The summed E-state index contributed by atoms with van der Waals surface area (Å²) < 4.78 is 30.7. The van der Waals surface area contributed by atoms with Gasteiger partial charge in [-0.25, -0.2) is 0 Å². The maximum Gasteiger partial charge on any atom is 1.00 e. The van der Waals surface area contributed by atoms with Gasteiger partial charge in [-0.2, -0.15) is 8.42 Å². The molecule has 0 aliphatic heterocycles. The molecule has 0 saturated carbocycles. The molecule has 6 heteroatoms. The van der Waals surface area contributed by atoms with Gasteiger partial charge in [-0.05, 0) is 23.6 Å². The van der Waals surface area contributed by atoms with Crippen LogP contribution >= 0.6 is 0 Å². The molecule has 4 N–H and O–H groups in total. The zero-order valence-corrected chi connectivity index (χ0v) is 8.90. The Balaban J connectivity index is 0.00000144. The van der Waals surface area contributed by atoms with Crippen LogP contribution in [0.15, 0.2) is 35.2 Å². The number of nitrogens with two attached hydrogens (primary N) is 1. The number of aromatic hydroxyl groups is 1. The van der Waals surface area contributed by atoms with Crippen molar-refractivity contribution in [2.24, 2.45) is 0 Å². The van der Waals surface area contributed by atoms with Gasteiger partial charge in [0.25, 0.3) is 10.1 Å². The summed E-state index contributed by atoms with van der Waals surface area (Å²) in [6, 6.07) is 6.92. The van der Waals surface area contributed by atoms with Crippen LogP contribution in [-0.4, -0.2) is 18.1 Å². The Morgan fingerprint density at radius 2 is 1.88 bits per heavy atom. The molecule has 0 radical (unpaired) electrons. The summed E-state index contributed by atoms with van der Waals surface area (Å²) in [5.74, 6) is -0.238. The Labute approximate surface area is 93.4 Å². The van der Waals surface area contributed by atoms with E-state index in [4.69, 9.17) is 10.3 Å². The highest BCUT2D eigenvalue weighted by Crippen LogP contribution is 2.29. The average Bonchev–Trinajstić information content (AvgIpc) is 2.17. The molecule has 0 amide bonds. The fraction of sp³-hybridized carbons (Fsp3) is 0. The molecule has 0 aromatic heterocycles. The van der Waals surface area contributed by atoms with Crippen LogP contribution in [0.2, 0.25) is 0 Å². The molecule has 16 heavy (non-hydrogen) atoms. The van der Waals surface area contributed by atoms with E-state index in [9.17, 15) is 13.5 Å². The Hall–Kier alpha value is -1.79. The van der Waals surface area contributed by atoms with Gasteiger partial charge in [0.15, 0.2) is 0 Å². The fourth-order valence-electron chi connectivity index (χ4n) is 1.48. The topological polar surface area (TPSA) is 101 Å². The van der Waals surface area contributed by atoms with Crippen LogP contribution in [0.5, 0.6) is 5.75 Å². The number of fused-ring (bicyclic) bond motifs is 1. The van der Waals surface area contributed by atoms with Crippen molar-refractivity contribution in [1.29, 1.82) is 0 Å². The molecule has 0 aliphatic carbocycles. The molecular weight excluding hydrogens is 230 g/mol. The molecular formula is C10H10NO4S+. The zero-order valence-electron chi connectivity index (χ0n) is 9.08. The van der Waals surface area contributed by atoms with Gasteiger partial charge in [-0.3, -0.25) is 4.55 Å². The Kier molecular flexibility index (Phi) is 2.25. The Morgan fingerprint density at radius 1 is 1.19 bits per heavy atom. The van der Waals surface area contributed by atoms with Crippen molar-refractivity contribution in [1.82, 2.24) is 0 Å². The van der Waals surface area contributed by atoms with Crippen LogP contribution < -0.4 is 5.73 Å². The average molecular weight is 240 g/mol. The first kappa shape index (κ1) is 10.7. The van der Waals surface area contributed by atoms with Crippen molar-refractivity contribution in [2.75, 3.05) is 5.73 Å². The molecule has 0 spiro atoms. The second-order valence-corrected chi connectivity index (χ2v) is 4.82. The van der Waals surface area contributed by atoms with Gasteiger partial charge < -0.3 is 10.8 Å². The van der Waals surface area contributed by atoms with E-state index in [1.807, 2.05) is 0 Å². The normalized spacial score (nSPS) is 11.8. The largest absolute Gasteiger partial charge is 1.00 e. The summed E-state index contributed by atoms with van der Waals surface area (Å²) in [5, 5.41) is 10.5. The van der Waals surface area contributed by atoms with Crippen LogP contribution in [0.3, 0.4) is 0 Å². The smallest absolute Gasteiger partial charge is 0.507 e. The lowest BCUT2D eigenvalue weighted by molar-refractivity contribution is 0.471. The highest BCUT2D eigenvalue weighted by Gasteiger charge is 2.13. The second kappa shape index (κ2) is 3.36. The lowest BCUT2D eigenvalue weighted by Gasteiger charge is -2.04. The third-order valence-corrected chi connectivity index (χ3v) is 3.06. The number of benzene rings is 2. The predicted octanol–water partition coefficient (Wildman–Crippen LogP) is 1.49. The molecule has 84 valence electrons. The summed E-state index contributed by atoms with van der Waals surface area (Å²) in [7, 11) is -4.32. The highest BCUT2D eigenvalue weighted by atomic mass is 32.2. The standard InChI is InChI=1S/C10H9NO4S/c11-7-2-1-6-3-8(16(13,14)15)5-10(12)9(6)4-7/h1-5,12H,11H2,(H,13,14,15)/p+1. The molecule has 0 unspecified atom stereocenters. The number of anilines is 1. The maximum absolute atomic E-state index is 10.9. The number of nitrogen functional groups attached to an aromatic ring is 1. The highest BCUT2D eigenvalue weighted by molar-refractivity contribution is 7.85. The minimum atomic E-state index is -4.32. The molecule has 2 aromatic rings. The Morgan fingerprint density at radius 3 is 2.50 bits per heavy atom. The van der Waals surface area contributed by atoms with Gasteiger partial charge in [0, 0.05) is 17.1 Å². The van der Waals surface area contributed by atoms with E-state index in [0.717, 1.165) is 6.07 Å². The van der Waals surface area contributed by atoms with Crippen molar-refractivity contribution in [3.05, 3.63) is 30.3 Å². The van der Waals surface area contributed by atoms with Crippen LogP contribution in [0.4, 0.5) is 5.69 Å². The summed E-state index contributed by atoms with van der Waals surface area (Å²) in [6.45, 7) is 0. The summed E-state index contributed by atoms with van der Waals surface area (Å²) >= 11 is 0. The Bertz CT molecular complexity index is 669. The predicted molar refractivity (Wildman–Crippen MR) is 61.0 cm³/mol. The van der Waals surface area contributed by atoms with Gasteiger partial charge in [0.05, 0.1) is 4.90 Å². The van der Waals surface area contributed by atoms with Gasteiger partial charge >= 0.3 is 1.43 Å². The SMILES string of the molecule is Nc1ccc2cc(S(=O)(=O)O)cc(O)c2c1.[H+]. The first-order valence-electron chi connectivity index (χ1n) is 4.38. The molecule has 0 atom stereocenters. The van der Waals surface area contributed by atoms with Gasteiger partial charge in [0.1, 0.15) is 5.75 Å². The van der Waals surface area contributed by atoms with E-state index >= 15 is 0 Å². The van der Waals surface area contributed by atoms with E-state index in [-0.39, 0.29) is 12.1 Å². The molecule has 2 aromatic carbocycles. The van der Waals surface area contributed by atoms with E-state index in [1.54, 1.807) is 12.1 Å². The number of phenolic OH excluding ortho intramolecular Hbond substituents is 1. The van der Waals surface area contributed by atoms with Crippen LogP contribution in [0.1, 0.15) is 1.43 Å². The van der Waals surface area contributed by atoms with Crippen molar-refractivity contribution in [3.63, 3.8) is 0 Å². The maximum atomic E-state index is 10.9. The summed E-state index contributed by atoms with van der Waals surface area (Å²) in [5.41, 5.74) is 6.00. The second-order valence-electron chi connectivity index (χ2n) is 3.40. The molecule has 0 saturated heterocycles. The number of hydrogen-bond acceptors (Lipinski definition) is 4. The molecule has 0 heterocycles. The number of rotatable bonds is 1. The first-order valence-corrected chi connectivity index (χ1v) is 5.82. The summed E-state index contributed by atoms with van der Waals surface area (Å²) in [6.07, 6.45) is 0. The minimum absolute atomic E-state index is 0. The van der Waals surface area contributed by atoms with Crippen molar-refractivity contribution >= 4 is 26.6 Å². The summed E-state index contributed by atoms with van der Waals surface area (Å²) in [4.78, 5) is -0.345. The van der Waals surface area contributed by atoms with E-state index in [2.05, 4.69) is 0 Å². The zero-order chi connectivity index (χ0) is 11.9. The molecule has 2 rings (SSSR count). The molecule has 0 bridgehead atoms. The third-order valence-electron chi connectivity index (χ3n) is 2.23. The monoisotopic (exact) mass is 240 g/mol. The van der Waals surface area contributed by atoms with Crippen LogP contribution in [-0.2, 0) is 10.1 Å².